The van der Waals surface area contributed by atoms with Crippen molar-refractivity contribution in [3.05, 3.63) is 76.7 Å². The Hall–Kier alpha value is -3.32. The van der Waals surface area contributed by atoms with Crippen LogP contribution in [0.2, 0.25) is 0 Å². The molecular weight excluding hydrogens is 376 g/mol. The van der Waals surface area contributed by atoms with Crippen LogP contribution in [0.4, 0.5) is 5.69 Å². The number of amides is 1. The van der Waals surface area contributed by atoms with Gasteiger partial charge in [0.25, 0.3) is 5.91 Å². The van der Waals surface area contributed by atoms with Gasteiger partial charge in [0.15, 0.2) is 5.17 Å². The van der Waals surface area contributed by atoms with E-state index in [4.69, 9.17) is 0 Å². The van der Waals surface area contributed by atoms with Crippen LogP contribution < -0.4 is 0 Å². The number of carbonyl (C=O) groups excluding carboxylic acids is 1. The van der Waals surface area contributed by atoms with Crippen molar-refractivity contribution in [3.63, 3.8) is 0 Å². The summed E-state index contributed by atoms with van der Waals surface area (Å²) < 4.78 is 0. The molecule has 1 amide bonds. The van der Waals surface area contributed by atoms with Gasteiger partial charge >= 0.3 is 5.97 Å². The van der Waals surface area contributed by atoms with Crippen LogP contribution in [-0.4, -0.2) is 38.7 Å². The Kier molecular flexibility index (Phi) is 5.65. The predicted molar refractivity (Wildman–Crippen MR) is 111 cm³/mol. The Morgan fingerprint density at radius 1 is 1.29 bits per heavy atom. The van der Waals surface area contributed by atoms with E-state index < -0.39 is 5.97 Å². The average molecular weight is 394 g/mol. The maximum absolute atomic E-state index is 12.8. The molecule has 1 saturated heterocycles. The number of aliphatic imine (C=N–C) groups is 1. The van der Waals surface area contributed by atoms with Gasteiger partial charge in [-0.1, -0.05) is 30.3 Å². The van der Waals surface area contributed by atoms with Gasteiger partial charge in [-0.15, -0.1) is 6.58 Å². The van der Waals surface area contributed by atoms with E-state index in [-0.39, 0.29) is 29.5 Å². The van der Waals surface area contributed by atoms with Crippen molar-refractivity contribution in [3.8, 4) is 5.75 Å². The van der Waals surface area contributed by atoms with Crippen molar-refractivity contribution in [1.82, 2.24) is 4.90 Å². The molecule has 1 fully saturated rings. The molecule has 142 valence electrons. The van der Waals surface area contributed by atoms with E-state index in [1.807, 2.05) is 31.2 Å². The molecule has 0 aliphatic carbocycles. The minimum Gasteiger partial charge on any atom is -0.508 e. The van der Waals surface area contributed by atoms with Gasteiger partial charge in [-0.25, -0.2) is 9.79 Å². The third-order valence-corrected chi connectivity index (χ3v) is 5.11. The Morgan fingerprint density at radius 2 is 2.04 bits per heavy atom. The predicted octanol–water partition coefficient (Wildman–Crippen LogP) is 4.19. The first-order valence-corrected chi connectivity index (χ1v) is 9.25. The van der Waals surface area contributed by atoms with Crippen LogP contribution in [0.25, 0.3) is 6.08 Å². The fourth-order valence-corrected chi connectivity index (χ4v) is 3.66. The summed E-state index contributed by atoms with van der Waals surface area (Å²) >= 11 is 1.17. The van der Waals surface area contributed by atoms with Crippen LogP contribution in [0.5, 0.6) is 5.75 Å². The number of rotatable bonds is 5. The lowest BCUT2D eigenvalue weighted by molar-refractivity contribution is -0.121. The van der Waals surface area contributed by atoms with Crippen molar-refractivity contribution in [2.75, 3.05) is 6.54 Å². The molecule has 28 heavy (non-hydrogen) atoms. The summed E-state index contributed by atoms with van der Waals surface area (Å²) in [5.74, 6) is -1.60. The van der Waals surface area contributed by atoms with Crippen molar-refractivity contribution < 1.29 is 19.8 Å². The van der Waals surface area contributed by atoms with E-state index in [9.17, 15) is 19.8 Å². The quantitative estimate of drug-likeness (QED) is 0.586. The molecule has 2 aromatic rings. The molecule has 1 aliphatic heterocycles. The molecule has 1 heterocycles. The van der Waals surface area contributed by atoms with Crippen molar-refractivity contribution in [2.45, 2.75) is 6.92 Å². The van der Waals surface area contributed by atoms with Crippen LogP contribution >= 0.6 is 11.8 Å². The number of carbonyl (C=O) groups is 2. The topological polar surface area (TPSA) is 90.2 Å². The second kappa shape index (κ2) is 8.14. The monoisotopic (exact) mass is 394 g/mol. The van der Waals surface area contributed by atoms with Crippen molar-refractivity contribution in [2.24, 2.45) is 4.99 Å². The number of carboxylic acid groups (broad SMARTS) is 1. The largest absolute Gasteiger partial charge is 0.508 e. The Labute approximate surface area is 166 Å². The van der Waals surface area contributed by atoms with Gasteiger partial charge in [0.05, 0.1) is 16.2 Å². The highest BCUT2D eigenvalue weighted by molar-refractivity contribution is 8.18. The third-order valence-electron chi connectivity index (χ3n) is 4.10. The number of amidine groups is 1. The molecule has 2 aromatic carbocycles. The van der Waals surface area contributed by atoms with E-state index in [1.165, 1.54) is 28.8 Å². The number of phenolic OH excluding ortho intramolecular Hbond substituents is 1. The average Bonchev–Trinajstić information content (AvgIpc) is 2.94. The normalized spacial score (nSPS) is 16.8. The molecule has 3 rings (SSSR count). The van der Waals surface area contributed by atoms with E-state index in [0.29, 0.717) is 10.1 Å². The Bertz CT molecular complexity index is 1030. The fourth-order valence-electron chi connectivity index (χ4n) is 2.67. The smallest absolute Gasteiger partial charge is 0.338 e. The zero-order valence-corrected chi connectivity index (χ0v) is 15.9. The van der Waals surface area contributed by atoms with Gasteiger partial charge in [0.1, 0.15) is 5.75 Å². The zero-order valence-electron chi connectivity index (χ0n) is 15.1. The lowest BCUT2D eigenvalue weighted by Gasteiger charge is -2.13. The number of phenols is 1. The van der Waals surface area contributed by atoms with Crippen LogP contribution in [-0.2, 0) is 4.79 Å². The summed E-state index contributed by atoms with van der Waals surface area (Å²) in [6, 6.07) is 11.6. The molecule has 6 nitrogen and oxygen atoms in total. The first kappa shape index (κ1) is 19.4. The molecule has 0 bridgehead atoms. The van der Waals surface area contributed by atoms with Crippen LogP contribution in [0, 0.1) is 6.92 Å². The van der Waals surface area contributed by atoms with Crippen LogP contribution in [0.15, 0.2) is 65.0 Å². The summed E-state index contributed by atoms with van der Waals surface area (Å²) in [5.41, 5.74) is 1.98. The summed E-state index contributed by atoms with van der Waals surface area (Å²) in [6.45, 7) is 5.88. The number of thioether (sulfide) groups is 1. The Balaban J connectivity index is 2.05. The van der Waals surface area contributed by atoms with E-state index in [1.54, 1.807) is 12.2 Å². The molecule has 2 N–H and O–H groups in total. The standard InChI is InChI=1S/C21H18N2O4S/c1-3-10-23-19(25)18(11-14-7-5-4-6-13(14)2)28-21(23)22-17-9-8-15(24)12-16(17)20(26)27/h3-9,11-12,24H,1,10H2,2H3,(H,26,27)/b18-11-,22-21?. The number of aryl methyl sites for hydroxylation is 1. The van der Waals surface area contributed by atoms with Crippen LogP contribution in [0.3, 0.4) is 0 Å². The lowest BCUT2D eigenvalue weighted by Crippen LogP contribution is -2.29. The molecular formula is C21H18N2O4S. The van der Waals surface area contributed by atoms with Crippen molar-refractivity contribution >= 4 is 40.6 Å². The van der Waals surface area contributed by atoms with Gasteiger partial charge in [-0.05, 0) is 54.1 Å². The minimum absolute atomic E-state index is 0.143. The van der Waals surface area contributed by atoms with E-state index >= 15 is 0 Å². The van der Waals surface area contributed by atoms with E-state index in [0.717, 1.165) is 17.2 Å². The number of hydrogen-bond acceptors (Lipinski definition) is 5. The highest BCUT2D eigenvalue weighted by atomic mass is 32.2. The second-order valence-electron chi connectivity index (χ2n) is 6.07. The first-order valence-electron chi connectivity index (χ1n) is 8.43. The van der Waals surface area contributed by atoms with Crippen LogP contribution in [0.1, 0.15) is 21.5 Å². The minimum atomic E-state index is -1.21. The van der Waals surface area contributed by atoms with Gasteiger partial charge in [0.2, 0.25) is 0 Å². The molecule has 0 saturated carbocycles. The molecule has 0 spiro atoms. The summed E-state index contributed by atoms with van der Waals surface area (Å²) in [7, 11) is 0. The number of carboxylic acids is 1. The first-order chi connectivity index (χ1) is 13.4. The second-order valence-corrected chi connectivity index (χ2v) is 7.08. The number of aromatic hydroxyl groups is 1. The van der Waals surface area contributed by atoms with Gasteiger partial charge in [-0.2, -0.15) is 0 Å². The maximum atomic E-state index is 12.8. The lowest BCUT2D eigenvalue weighted by atomic mass is 10.1. The Morgan fingerprint density at radius 3 is 2.71 bits per heavy atom. The molecule has 0 atom stereocenters. The van der Waals surface area contributed by atoms with Gasteiger partial charge < -0.3 is 10.2 Å². The molecule has 0 radical (unpaired) electrons. The molecule has 0 unspecified atom stereocenters. The summed E-state index contributed by atoms with van der Waals surface area (Å²) in [6.07, 6.45) is 3.38. The summed E-state index contributed by atoms with van der Waals surface area (Å²) in [4.78, 5) is 30.6. The highest BCUT2D eigenvalue weighted by Crippen LogP contribution is 2.35. The molecule has 7 heteroatoms. The molecule has 1 aliphatic rings. The van der Waals surface area contributed by atoms with Gasteiger partial charge in [0, 0.05) is 6.54 Å². The maximum Gasteiger partial charge on any atom is 0.338 e. The number of benzene rings is 2. The van der Waals surface area contributed by atoms with Gasteiger partial charge in [-0.3, -0.25) is 9.69 Å². The number of hydrogen-bond donors (Lipinski definition) is 2. The number of nitrogens with zero attached hydrogens (tertiary/aromatic N) is 2. The van der Waals surface area contributed by atoms with Crippen molar-refractivity contribution in [1.29, 1.82) is 0 Å². The van der Waals surface area contributed by atoms with E-state index in [2.05, 4.69) is 11.6 Å². The third kappa shape index (κ3) is 3.99. The zero-order chi connectivity index (χ0) is 20.3. The number of aromatic carboxylic acids is 1. The highest BCUT2D eigenvalue weighted by Gasteiger charge is 2.33. The molecule has 0 aromatic heterocycles. The fraction of sp³-hybridized carbons (Fsp3) is 0.0952. The SMILES string of the molecule is C=CCN1C(=O)/C(=C/c2ccccc2C)SC1=Nc1ccc(O)cc1C(=O)O. The summed E-state index contributed by atoms with van der Waals surface area (Å²) in [5, 5.41) is 19.3.